The molecule has 0 spiro atoms. The molecule has 8 heteroatoms. The average Bonchev–Trinajstić information content (AvgIpc) is 3.58. The van der Waals surface area contributed by atoms with Crippen LogP contribution in [-0.2, 0) is 9.84 Å². The maximum Gasteiger partial charge on any atom is 0.255 e. The molecule has 3 aliphatic rings. The lowest BCUT2D eigenvalue weighted by atomic mass is 9.34. The Kier molecular flexibility index (Phi) is 3.55. The first-order chi connectivity index (χ1) is 19.6. The third-order valence-corrected chi connectivity index (χ3v) is 10.6. The van der Waals surface area contributed by atoms with Gasteiger partial charge in [0.05, 0.1) is 31.9 Å². The lowest BCUT2D eigenvalue weighted by Crippen LogP contribution is -2.63. The summed E-state index contributed by atoms with van der Waals surface area (Å²) >= 11 is 0. The van der Waals surface area contributed by atoms with Crippen LogP contribution >= 0.6 is 0 Å². The Morgan fingerprint density at radius 3 is 1.48 bits per heavy atom. The minimum absolute atomic E-state index is 0.229. The molecule has 0 aliphatic carbocycles. The van der Waals surface area contributed by atoms with Crippen molar-refractivity contribution in [3.8, 4) is 34.2 Å². The molecule has 10 rings (SSSR count). The fraction of sp³-hybridized carbons (Fsp3) is 0. The first-order valence-corrected chi connectivity index (χ1v) is 14.7. The largest absolute Gasteiger partial charge is 0.293 e. The second-order valence-electron chi connectivity index (χ2n) is 10.6. The molecular weight excluding hydrogens is 515 g/mol. The van der Waals surface area contributed by atoms with Crippen LogP contribution in [0.2, 0.25) is 0 Å². The number of sulfone groups is 1. The minimum atomic E-state index is -3.77. The van der Waals surface area contributed by atoms with Gasteiger partial charge in [0.15, 0.2) is 0 Å². The molecule has 5 aromatic carbocycles. The van der Waals surface area contributed by atoms with Gasteiger partial charge in [-0.25, -0.2) is 18.4 Å². The Labute approximate surface area is 229 Å². The molecule has 0 bridgehead atoms. The van der Waals surface area contributed by atoms with E-state index in [-0.39, 0.29) is 6.71 Å². The molecule has 3 aliphatic heterocycles. The molecule has 0 fully saturated rings. The molecule has 6 nitrogen and oxygen atoms in total. The van der Waals surface area contributed by atoms with E-state index < -0.39 is 9.84 Å². The van der Waals surface area contributed by atoms with E-state index in [4.69, 9.17) is 9.97 Å². The van der Waals surface area contributed by atoms with Crippen LogP contribution in [0.15, 0.2) is 113 Å². The monoisotopic (exact) mass is 532 g/mol. The van der Waals surface area contributed by atoms with Gasteiger partial charge in [0.1, 0.15) is 11.6 Å². The van der Waals surface area contributed by atoms with Crippen molar-refractivity contribution in [2.24, 2.45) is 0 Å². The van der Waals surface area contributed by atoms with Crippen LogP contribution < -0.4 is 16.4 Å². The summed E-state index contributed by atoms with van der Waals surface area (Å²) in [5, 5.41) is 0. The van der Waals surface area contributed by atoms with Crippen molar-refractivity contribution in [2.45, 2.75) is 9.79 Å². The van der Waals surface area contributed by atoms with Crippen LogP contribution in [0.5, 0.6) is 0 Å². The van der Waals surface area contributed by atoms with Crippen LogP contribution in [0.4, 0.5) is 0 Å². The fourth-order valence-electron chi connectivity index (χ4n) is 7.18. The first kappa shape index (κ1) is 20.9. The normalized spacial score (nSPS) is 14.8. The summed E-state index contributed by atoms with van der Waals surface area (Å²) in [6, 6.07) is 33.8. The topological polar surface area (TPSA) is 69.8 Å². The van der Waals surface area contributed by atoms with Crippen molar-refractivity contribution in [2.75, 3.05) is 0 Å². The van der Waals surface area contributed by atoms with Gasteiger partial charge in [-0.05, 0) is 52.8 Å². The second-order valence-corrected chi connectivity index (χ2v) is 12.5. The zero-order chi connectivity index (χ0) is 26.3. The van der Waals surface area contributed by atoms with Gasteiger partial charge in [0, 0.05) is 22.5 Å². The predicted molar refractivity (Wildman–Crippen MR) is 157 cm³/mol. The summed E-state index contributed by atoms with van der Waals surface area (Å²) in [7, 11) is -3.77. The number of aromatic nitrogens is 4. The summed E-state index contributed by atoms with van der Waals surface area (Å²) in [5.41, 5.74) is 10.1. The maximum atomic E-state index is 14.3. The van der Waals surface area contributed by atoms with Crippen molar-refractivity contribution >= 4 is 55.0 Å². The number of benzene rings is 5. The Morgan fingerprint density at radius 2 is 1.00 bits per heavy atom. The highest BCUT2D eigenvalue weighted by Gasteiger charge is 2.49. The average molecular weight is 532 g/mol. The van der Waals surface area contributed by atoms with Gasteiger partial charge in [-0.15, -0.1) is 0 Å². The van der Waals surface area contributed by atoms with E-state index in [0.717, 1.165) is 72.6 Å². The first-order valence-electron chi connectivity index (χ1n) is 13.2. The Balaban J connectivity index is 1.46. The number of imidazole rings is 2. The highest BCUT2D eigenvalue weighted by molar-refractivity contribution is 7.92. The van der Waals surface area contributed by atoms with Crippen molar-refractivity contribution in [1.82, 2.24) is 19.1 Å². The smallest absolute Gasteiger partial charge is 0.255 e. The molecule has 0 N–H and O–H groups in total. The van der Waals surface area contributed by atoms with Crippen molar-refractivity contribution < 1.29 is 8.42 Å². The summed E-state index contributed by atoms with van der Waals surface area (Å²) in [5.74, 6) is 1.61. The van der Waals surface area contributed by atoms with Crippen LogP contribution in [0.25, 0.3) is 56.2 Å². The van der Waals surface area contributed by atoms with Gasteiger partial charge >= 0.3 is 0 Å². The van der Waals surface area contributed by atoms with E-state index in [0.29, 0.717) is 9.79 Å². The van der Waals surface area contributed by atoms with Gasteiger partial charge in [-0.2, -0.15) is 0 Å². The summed E-state index contributed by atoms with van der Waals surface area (Å²) in [6.45, 7) is -0.229. The van der Waals surface area contributed by atoms with Crippen molar-refractivity contribution in [1.29, 1.82) is 0 Å². The number of hydrogen-bond acceptors (Lipinski definition) is 4. The van der Waals surface area contributed by atoms with Crippen LogP contribution in [0, 0.1) is 0 Å². The van der Waals surface area contributed by atoms with Crippen molar-refractivity contribution in [3.05, 3.63) is 103 Å². The standard InChI is InChI=1S/C32H17BN4O2S/c38-40(39)24-16-14-20-29-27(24)33-26-22(36(29)31(34-20)18-8-3-1-4-9-18)12-7-13-23(26)37-30-21(15-17-25(40)28(30)33)35-32(37)19-10-5-2-6-11-19/h1-17H. The molecule has 0 saturated carbocycles. The van der Waals surface area contributed by atoms with Crippen LogP contribution in [0.3, 0.4) is 0 Å². The van der Waals surface area contributed by atoms with Gasteiger partial charge in [0.25, 0.3) is 6.71 Å². The summed E-state index contributed by atoms with van der Waals surface area (Å²) < 4.78 is 32.9. The van der Waals surface area contributed by atoms with Gasteiger partial charge in [0.2, 0.25) is 9.84 Å². The van der Waals surface area contributed by atoms with Crippen molar-refractivity contribution in [3.63, 3.8) is 0 Å². The molecule has 7 aromatic rings. The predicted octanol–water partition coefficient (Wildman–Crippen LogP) is 3.99. The van der Waals surface area contributed by atoms with E-state index in [1.807, 2.05) is 48.5 Å². The molecule has 40 heavy (non-hydrogen) atoms. The number of hydrogen-bond donors (Lipinski definition) is 0. The quantitative estimate of drug-likeness (QED) is 0.316. The van der Waals surface area contributed by atoms with E-state index >= 15 is 0 Å². The number of rotatable bonds is 2. The molecule has 2 aromatic heterocycles. The fourth-order valence-corrected chi connectivity index (χ4v) is 8.92. The lowest BCUT2D eigenvalue weighted by molar-refractivity contribution is 0.597. The Hall–Kier alpha value is -4.95. The molecule has 0 radical (unpaired) electrons. The molecular formula is C32H17BN4O2S. The molecule has 186 valence electrons. The SMILES string of the molecule is O=S1(=O)c2ccc3nc(-c4ccccc4)n4c3c2B2c3c-4cccc3-n3c(-c4ccccc4)nc4ccc1c2c43. The second kappa shape index (κ2) is 6.78. The van der Waals surface area contributed by atoms with Crippen LogP contribution in [-0.4, -0.2) is 34.2 Å². The van der Waals surface area contributed by atoms with E-state index in [9.17, 15) is 8.42 Å². The molecule has 5 heterocycles. The highest BCUT2D eigenvalue weighted by atomic mass is 32.2. The lowest BCUT2D eigenvalue weighted by Gasteiger charge is -2.37. The van der Waals surface area contributed by atoms with Gasteiger partial charge in [-0.1, -0.05) is 66.7 Å². The zero-order valence-electron chi connectivity index (χ0n) is 20.9. The number of fused-ring (bicyclic) bond motifs is 2. The third kappa shape index (κ3) is 2.24. The highest BCUT2D eigenvalue weighted by Crippen LogP contribution is 2.40. The van der Waals surface area contributed by atoms with E-state index in [1.165, 1.54) is 0 Å². The van der Waals surface area contributed by atoms with Crippen LogP contribution in [0.1, 0.15) is 0 Å². The number of nitrogens with zero attached hydrogens (tertiary/aromatic N) is 4. The minimum Gasteiger partial charge on any atom is -0.293 e. The van der Waals surface area contributed by atoms with E-state index in [2.05, 4.69) is 51.6 Å². The molecule has 0 saturated heterocycles. The third-order valence-electron chi connectivity index (χ3n) is 8.69. The zero-order valence-corrected chi connectivity index (χ0v) is 21.7. The molecule has 0 unspecified atom stereocenters. The Bertz CT molecular complexity index is 2240. The summed E-state index contributed by atoms with van der Waals surface area (Å²) in [4.78, 5) is 10.9. The molecule has 0 amide bonds. The van der Waals surface area contributed by atoms with Gasteiger partial charge in [-0.3, -0.25) is 9.13 Å². The van der Waals surface area contributed by atoms with E-state index in [1.54, 1.807) is 12.1 Å². The van der Waals surface area contributed by atoms with Gasteiger partial charge < -0.3 is 0 Å². The maximum absolute atomic E-state index is 14.3. The Morgan fingerprint density at radius 1 is 0.525 bits per heavy atom. The summed E-state index contributed by atoms with van der Waals surface area (Å²) in [6.07, 6.45) is 0. The molecule has 0 atom stereocenters.